The summed E-state index contributed by atoms with van der Waals surface area (Å²) in [6.07, 6.45) is 13.5. The minimum atomic E-state index is 0.0753. The number of nitrogens with zero attached hydrogens (tertiary/aromatic N) is 5. The Labute approximate surface area is 188 Å². The number of carbonyl (C=O) groups is 1. The van der Waals surface area contributed by atoms with Gasteiger partial charge in [0.05, 0.1) is 17.3 Å². The van der Waals surface area contributed by atoms with Crippen molar-refractivity contribution < 1.29 is 4.79 Å². The second-order valence-electron chi connectivity index (χ2n) is 8.85. The van der Waals surface area contributed by atoms with Gasteiger partial charge < -0.3 is 9.47 Å². The highest BCUT2D eigenvalue weighted by molar-refractivity contribution is 6.05. The van der Waals surface area contributed by atoms with Crippen LogP contribution in [-0.4, -0.2) is 43.2 Å². The predicted octanol–water partition coefficient (Wildman–Crippen LogP) is 4.89. The SMILES string of the molecule is CN(C(=O)c1cn(Cc2ccc(-c3cnn(C)c3)cc2)c2cccnc12)C1CCCCC1. The van der Waals surface area contributed by atoms with Crippen molar-refractivity contribution in [3.05, 3.63) is 72.3 Å². The third-order valence-electron chi connectivity index (χ3n) is 6.65. The van der Waals surface area contributed by atoms with Crippen LogP contribution < -0.4 is 0 Å². The molecule has 1 saturated carbocycles. The number of aryl methyl sites for hydroxylation is 1. The lowest BCUT2D eigenvalue weighted by Gasteiger charge is -2.31. The summed E-state index contributed by atoms with van der Waals surface area (Å²) in [6.45, 7) is 0.690. The maximum absolute atomic E-state index is 13.4. The molecular weight excluding hydrogens is 398 g/mol. The first-order valence-electron chi connectivity index (χ1n) is 11.4. The molecule has 1 fully saturated rings. The van der Waals surface area contributed by atoms with Crippen LogP contribution in [0.1, 0.15) is 48.0 Å². The Balaban J connectivity index is 1.42. The zero-order valence-corrected chi connectivity index (χ0v) is 18.7. The number of hydrogen-bond acceptors (Lipinski definition) is 3. The Hall–Kier alpha value is -3.41. The Morgan fingerprint density at radius 3 is 2.56 bits per heavy atom. The third-order valence-corrected chi connectivity index (χ3v) is 6.65. The molecule has 0 N–H and O–H groups in total. The summed E-state index contributed by atoms with van der Waals surface area (Å²) < 4.78 is 3.95. The van der Waals surface area contributed by atoms with E-state index in [4.69, 9.17) is 0 Å². The van der Waals surface area contributed by atoms with Crippen LogP contribution in [0.4, 0.5) is 0 Å². The molecule has 3 aromatic heterocycles. The fourth-order valence-electron chi connectivity index (χ4n) is 4.80. The van der Waals surface area contributed by atoms with Gasteiger partial charge in [0.1, 0.15) is 5.52 Å². The molecule has 1 aromatic carbocycles. The van der Waals surface area contributed by atoms with Crippen LogP contribution in [0.15, 0.2) is 61.2 Å². The minimum absolute atomic E-state index is 0.0753. The molecule has 4 aromatic rings. The summed E-state index contributed by atoms with van der Waals surface area (Å²) >= 11 is 0. The molecule has 0 saturated heterocycles. The van der Waals surface area contributed by atoms with Crippen molar-refractivity contribution in [3.63, 3.8) is 0 Å². The number of fused-ring (bicyclic) bond motifs is 1. The molecule has 0 radical (unpaired) electrons. The van der Waals surface area contributed by atoms with Crippen LogP contribution in [-0.2, 0) is 13.6 Å². The molecule has 32 heavy (non-hydrogen) atoms. The second-order valence-corrected chi connectivity index (χ2v) is 8.85. The van der Waals surface area contributed by atoms with Crippen molar-refractivity contribution >= 4 is 16.9 Å². The van der Waals surface area contributed by atoms with Crippen molar-refractivity contribution in [2.24, 2.45) is 7.05 Å². The van der Waals surface area contributed by atoms with Crippen LogP contribution in [0.25, 0.3) is 22.2 Å². The average molecular weight is 428 g/mol. The van der Waals surface area contributed by atoms with Crippen molar-refractivity contribution in [3.8, 4) is 11.1 Å². The molecule has 1 amide bonds. The lowest BCUT2D eigenvalue weighted by atomic mass is 9.94. The fraction of sp³-hybridized carbons (Fsp3) is 0.346. The maximum Gasteiger partial charge on any atom is 0.257 e. The van der Waals surface area contributed by atoms with E-state index in [0.717, 1.165) is 35.0 Å². The van der Waals surface area contributed by atoms with Crippen LogP contribution in [0.3, 0.4) is 0 Å². The maximum atomic E-state index is 13.4. The lowest BCUT2D eigenvalue weighted by Crippen LogP contribution is -2.38. The minimum Gasteiger partial charge on any atom is -0.341 e. The summed E-state index contributed by atoms with van der Waals surface area (Å²) in [4.78, 5) is 19.9. The molecule has 0 bridgehead atoms. The summed E-state index contributed by atoms with van der Waals surface area (Å²) in [6, 6.07) is 12.8. The highest BCUT2D eigenvalue weighted by Gasteiger charge is 2.26. The van der Waals surface area contributed by atoms with E-state index in [1.807, 2.05) is 54.4 Å². The third kappa shape index (κ3) is 3.93. The number of rotatable bonds is 5. The van der Waals surface area contributed by atoms with E-state index in [1.54, 1.807) is 6.20 Å². The quantitative estimate of drug-likeness (QED) is 0.456. The van der Waals surface area contributed by atoms with E-state index < -0.39 is 0 Å². The van der Waals surface area contributed by atoms with Gasteiger partial charge in [-0.05, 0) is 36.1 Å². The Morgan fingerprint density at radius 2 is 1.84 bits per heavy atom. The summed E-state index contributed by atoms with van der Waals surface area (Å²) in [5.74, 6) is 0.0753. The standard InChI is InChI=1S/C26H29N5O/c1-29-17-21(15-28-29)20-12-10-19(11-13-20)16-31-18-23(25-24(31)9-6-14-27-25)26(32)30(2)22-7-4-3-5-8-22/h6,9-15,17-18,22H,3-5,7-8,16H2,1-2H3. The largest absolute Gasteiger partial charge is 0.341 e. The molecule has 164 valence electrons. The van der Waals surface area contributed by atoms with Crippen LogP contribution in [0.5, 0.6) is 0 Å². The van der Waals surface area contributed by atoms with E-state index in [-0.39, 0.29) is 5.91 Å². The van der Waals surface area contributed by atoms with Crippen molar-refractivity contribution in [1.82, 2.24) is 24.2 Å². The monoisotopic (exact) mass is 427 g/mol. The first kappa shape index (κ1) is 20.5. The molecule has 0 aliphatic heterocycles. The molecule has 0 atom stereocenters. The molecule has 5 rings (SSSR count). The molecule has 6 nitrogen and oxygen atoms in total. The van der Waals surface area contributed by atoms with Gasteiger partial charge in [-0.25, -0.2) is 0 Å². The summed E-state index contributed by atoms with van der Waals surface area (Å²) in [5.41, 5.74) is 5.90. The Bertz CT molecular complexity index is 1230. The zero-order chi connectivity index (χ0) is 22.1. The van der Waals surface area contributed by atoms with E-state index >= 15 is 0 Å². The zero-order valence-electron chi connectivity index (χ0n) is 18.7. The summed E-state index contributed by atoms with van der Waals surface area (Å²) in [7, 11) is 3.87. The van der Waals surface area contributed by atoms with Gasteiger partial charge in [-0.2, -0.15) is 5.10 Å². The molecule has 0 spiro atoms. The Kier molecular flexibility index (Phi) is 5.52. The topological polar surface area (TPSA) is 56.0 Å². The van der Waals surface area contributed by atoms with E-state index in [1.165, 1.54) is 24.8 Å². The molecule has 3 heterocycles. The summed E-state index contributed by atoms with van der Waals surface area (Å²) in [5, 5.41) is 4.25. The van der Waals surface area contributed by atoms with E-state index in [0.29, 0.717) is 18.2 Å². The van der Waals surface area contributed by atoms with Crippen molar-refractivity contribution in [2.75, 3.05) is 7.05 Å². The van der Waals surface area contributed by atoms with E-state index in [9.17, 15) is 4.79 Å². The highest BCUT2D eigenvalue weighted by Crippen LogP contribution is 2.27. The van der Waals surface area contributed by atoms with Crippen LogP contribution in [0, 0.1) is 0 Å². The predicted molar refractivity (Wildman–Crippen MR) is 126 cm³/mol. The van der Waals surface area contributed by atoms with Gasteiger partial charge in [-0.15, -0.1) is 0 Å². The number of benzene rings is 1. The number of pyridine rings is 1. The number of hydrogen-bond donors (Lipinski definition) is 0. The second kappa shape index (κ2) is 8.61. The number of aromatic nitrogens is 4. The van der Waals surface area contributed by atoms with Crippen molar-refractivity contribution in [2.45, 2.75) is 44.7 Å². The number of carbonyl (C=O) groups excluding carboxylic acids is 1. The van der Waals surface area contributed by atoms with Gasteiger partial charge in [-0.1, -0.05) is 43.5 Å². The van der Waals surface area contributed by atoms with Gasteiger partial charge in [0.25, 0.3) is 5.91 Å². The fourth-order valence-corrected chi connectivity index (χ4v) is 4.80. The molecule has 1 aliphatic rings. The van der Waals surface area contributed by atoms with Gasteiger partial charge in [-0.3, -0.25) is 14.5 Å². The average Bonchev–Trinajstić information content (AvgIpc) is 3.43. The van der Waals surface area contributed by atoms with Gasteiger partial charge in [0.2, 0.25) is 0 Å². The molecule has 0 unspecified atom stereocenters. The highest BCUT2D eigenvalue weighted by atomic mass is 16.2. The van der Waals surface area contributed by atoms with Crippen LogP contribution >= 0.6 is 0 Å². The lowest BCUT2D eigenvalue weighted by molar-refractivity contribution is 0.0698. The molecular formula is C26H29N5O. The molecule has 6 heteroatoms. The van der Waals surface area contributed by atoms with Gasteiger partial charge >= 0.3 is 0 Å². The Morgan fingerprint density at radius 1 is 1.06 bits per heavy atom. The van der Waals surface area contributed by atoms with Gasteiger partial charge in [0, 0.05) is 50.8 Å². The first-order chi connectivity index (χ1) is 15.6. The smallest absolute Gasteiger partial charge is 0.257 e. The van der Waals surface area contributed by atoms with Crippen LogP contribution in [0.2, 0.25) is 0 Å². The van der Waals surface area contributed by atoms with E-state index in [2.05, 4.69) is 38.9 Å². The normalized spacial score (nSPS) is 14.7. The van der Waals surface area contributed by atoms with Gasteiger partial charge in [0.15, 0.2) is 0 Å². The van der Waals surface area contributed by atoms with Crippen molar-refractivity contribution in [1.29, 1.82) is 0 Å². The molecule has 1 aliphatic carbocycles. The number of amides is 1. The first-order valence-corrected chi connectivity index (χ1v) is 11.4.